The largest absolute Gasteiger partial charge is 0.507 e. The van der Waals surface area contributed by atoms with E-state index in [1.165, 1.54) is 6.92 Å². The Morgan fingerprint density at radius 1 is 1.17 bits per heavy atom. The second-order valence-electron chi connectivity index (χ2n) is 4.48. The van der Waals surface area contributed by atoms with Crippen molar-refractivity contribution in [2.24, 2.45) is 0 Å². The normalized spacial score (nSPS) is 13.6. The van der Waals surface area contributed by atoms with Gasteiger partial charge >= 0.3 is 6.18 Å². The van der Waals surface area contributed by atoms with Gasteiger partial charge in [0.1, 0.15) is 11.6 Å². The number of carbonyl (C=O) groups excluding carboxylic acids is 1. The van der Waals surface area contributed by atoms with E-state index in [0.717, 1.165) is 0 Å². The zero-order valence-corrected chi connectivity index (χ0v) is 12.9. The molecule has 0 spiro atoms. The Kier molecular flexibility index (Phi) is 5.92. The maximum Gasteiger partial charge on any atom is 0.453 e. The van der Waals surface area contributed by atoms with Crippen LogP contribution in [-0.2, 0) is 11.0 Å². The summed E-state index contributed by atoms with van der Waals surface area (Å²) in [6.45, 7) is 8.06. The summed E-state index contributed by atoms with van der Waals surface area (Å²) in [5.74, 6) is -0.343. The Hall–Kier alpha value is -3.05. The monoisotopic (exact) mass is 345 g/mol. The van der Waals surface area contributed by atoms with Crippen LogP contribution in [0.3, 0.4) is 0 Å². The lowest BCUT2D eigenvalue weighted by atomic mass is 9.91. The summed E-state index contributed by atoms with van der Waals surface area (Å²) in [6, 6.07) is 0. The number of tetrazole rings is 1. The van der Waals surface area contributed by atoms with Gasteiger partial charge in [-0.15, -0.1) is 15.3 Å². The van der Waals surface area contributed by atoms with Gasteiger partial charge in [0.2, 0.25) is 0 Å². The summed E-state index contributed by atoms with van der Waals surface area (Å²) in [4.78, 5) is 13.5. The van der Waals surface area contributed by atoms with Gasteiger partial charge in [-0.2, -0.15) is 18.4 Å². The predicted molar refractivity (Wildman–Crippen MR) is 74.5 cm³/mol. The molecule has 130 valence electrons. The molecule has 0 bridgehead atoms. The third-order valence-corrected chi connectivity index (χ3v) is 2.56. The van der Waals surface area contributed by atoms with Crippen molar-refractivity contribution in [1.82, 2.24) is 35.8 Å². The van der Waals surface area contributed by atoms with Crippen LogP contribution in [0.2, 0.25) is 0 Å². The molecule has 3 N–H and O–H groups in total. The first-order chi connectivity index (χ1) is 11.0. The van der Waals surface area contributed by atoms with Crippen molar-refractivity contribution in [3.8, 4) is 0 Å². The lowest BCUT2D eigenvalue weighted by molar-refractivity contribution is -0.144. The second kappa shape index (κ2) is 7.48. The van der Waals surface area contributed by atoms with Crippen LogP contribution in [-0.4, -0.2) is 46.7 Å². The summed E-state index contributed by atoms with van der Waals surface area (Å²) in [6.07, 6.45) is -4.44. The number of nitrogens with zero attached hydrogens (tertiary/aromatic N) is 5. The quantitative estimate of drug-likeness (QED) is 0.617. The second-order valence-corrected chi connectivity index (χ2v) is 4.48. The Morgan fingerprint density at radius 3 is 1.96 bits per heavy atom. The minimum Gasteiger partial charge on any atom is -0.507 e. The minimum atomic E-state index is -4.44. The summed E-state index contributed by atoms with van der Waals surface area (Å²) < 4.78 is 35.0. The molecule has 0 aliphatic heterocycles. The third kappa shape index (κ3) is 5.00. The summed E-state index contributed by atoms with van der Waals surface area (Å²) >= 11 is 0. The topological polar surface area (TPSA) is 133 Å². The SMILES string of the molecule is C=C1C(=O)C(C)=C1O.Cc1nc(C(F)(F)F)n[nH]1.Cc1nn[nH]n1. The average Bonchev–Trinajstić information content (AvgIpc) is 3.17. The molecule has 24 heavy (non-hydrogen) atoms. The van der Waals surface area contributed by atoms with Gasteiger partial charge in [-0.25, -0.2) is 4.98 Å². The smallest absolute Gasteiger partial charge is 0.453 e. The Bertz CT molecular complexity index is 725. The molecule has 2 heterocycles. The van der Waals surface area contributed by atoms with E-state index in [2.05, 4.69) is 42.4 Å². The molecule has 1 aliphatic carbocycles. The van der Waals surface area contributed by atoms with E-state index in [0.29, 0.717) is 11.4 Å². The molecule has 0 radical (unpaired) electrons. The molecule has 2 aromatic heterocycles. The number of ketones is 1. The number of nitrogens with one attached hydrogen (secondary N) is 2. The van der Waals surface area contributed by atoms with Gasteiger partial charge in [-0.3, -0.25) is 9.89 Å². The van der Waals surface area contributed by atoms with Gasteiger partial charge in [0.15, 0.2) is 11.6 Å². The Labute approximate surface area is 133 Å². The lowest BCUT2D eigenvalue weighted by Gasteiger charge is -2.15. The van der Waals surface area contributed by atoms with Crippen LogP contribution in [0.25, 0.3) is 0 Å². The number of hydrogen-bond acceptors (Lipinski definition) is 7. The number of hydrogen-bond donors (Lipinski definition) is 3. The molecule has 0 fully saturated rings. The van der Waals surface area contributed by atoms with Crippen molar-refractivity contribution in [3.05, 3.63) is 41.0 Å². The fraction of sp³-hybridized carbons (Fsp3) is 0.333. The van der Waals surface area contributed by atoms with E-state index in [9.17, 15) is 18.0 Å². The van der Waals surface area contributed by atoms with Crippen LogP contribution in [0.4, 0.5) is 13.2 Å². The predicted octanol–water partition coefficient (Wildman–Crippen LogP) is 1.60. The van der Waals surface area contributed by atoms with Gasteiger partial charge in [-0.05, 0) is 20.8 Å². The van der Waals surface area contributed by atoms with E-state index in [1.54, 1.807) is 13.8 Å². The molecule has 0 saturated heterocycles. The van der Waals surface area contributed by atoms with Gasteiger partial charge in [0.25, 0.3) is 5.82 Å². The fourth-order valence-electron chi connectivity index (χ4n) is 1.29. The Morgan fingerprint density at radius 2 is 1.79 bits per heavy atom. The minimum absolute atomic E-state index is 0.0648. The van der Waals surface area contributed by atoms with E-state index in [1.807, 2.05) is 0 Å². The Balaban J connectivity index is 0.000000186. The summed E-state index contributed by atoms with van der Waals surface area (Å²) in [7, 11) is 0. The molecule has 0 saturated carbocycles. The lowest BCUT2D eigenvalue weighted by Crippen LogP contribution is -2.18. The molecule has 12 heteroatoms. The number of H-pyrrole nitrogens is 2. The number of allylic oxidation sites excluding steroid dienone is 2. The zero-order valence-electron chi connectivity index (χ0n) is 12.9. The van der Waals surface area contributed by atoms with Crippen molar-refractivity contribution in [2.45, 2.75) is 26.9 Å². The van der Waals surface area contributed by atoms with Crippen molar-refractivity contribution in [2.75, 3.05) is 0 Å². The molecule has 9 nitrogen and oxygen atoms in total. The van der Waals surface area contributed by atoms with Gasteiger partial charge < -0.3 is 5.11 Å². The highest BCUT2D eigenvalue weighted by atomic mass is 19.4. The molecule has 0 unspecified atom stereocenters. The summed E-state index contributed by atoms with van der Waals surface area (Å²) in [5, 5.41) is 26.5. The number of aromatic nitrogens is 7. The maximum atomic E-state index is 11.7. The van der Waals surface area contributed by atoms with Gasteiger partial charge in [-0.1, -0.05) is 11.8 Å². The highest BCUT2D eigenvalue weighted by Crippen LogP contribution is 2.25. The van der Waals surface area contributed by atoms with Crippen LogP contribution in [0.1, 0.15) is 24.4 Å². The van der Waals surface area contributed by atoms with Crippen molar-refractivity contribution < 1.29 is 23.1 Å². The molecule has 2 aromatic rings. The maximum absolute atomic E-state index is 11.7. The molecule has 0 amide bonds. The highest BCUT2D eigenvalue weighted by molar-refractivity contribution is 6.18. The molecular formula is C12H14F3N7O2. The van der Waals surface area contributed by atoms with Crippen LogP contribution >= 0.6 is 0 Å². The zero-order chi connectivity index (χ0) is 18.5. The van der Waals surface area contributed by atoms with E-state index < -0.39 is 12.0 Å². The number of aliphatic hydroxyl groups is 1. The standard InChI is InChI=1S/C6H6O2.C4H4F3N3.C2H4N4/c1-3-5(7)4(2)6(3)8;1-2-8-3(10-9-2)4(5,6)7;1-2-3-5-6-4-2/h7H,1H2,2H3;1H3,(H,8,9,10);1H3,(H,3,4,5,6). The first-order valence-electron chi connectivity index (χ1n) is 6.34. The molecule has 1 aliphatic rings. The van der Waals surface area contributed by atoms with Crippen LogP contribution in [0.15, 0.2) is 23.5 Å². The molecule has 3 rings (SSSR count). The first-order valence-corrected chi connectivity index (χ1v) is 6.34. The molecular weight excluding hydrogens is 331 g/mol. The number of carbonyl (C=O) groups is 1. The molecule has 0 atom stereocenters. The van der Waals surface area contributed by atoms with E-state index >= 15 is 0 Å². The van der Waals surface area contributed by atoms with Crippen LogP contribution in [0, 0.1) is 13.8 Å². The number of halogens is 3. The van der Waals surface area contributed by atoms with Crippen LogP contribution < -0.4 is 0 Å². The molecule has 0 aromatic carbocycles. The van der Waals surface area contributed by atoms with Gasteiger partial charge in [0, 0.05) is 5.57 Å². The van der Waals surface area contributed by atoms with Crippen molar-refractivity contribution in [1.29, 1.82) is 0 Å². The van der Waals surface area contributed by atoms with E-state index in [4.69, 9.17) is 5.11 Å². The van der Waals surface area contributed by atoms with Crippen molar-refractivity contribution >= 4 is 5.78 Å². The number of Topliss-reactive ketones (excluding diaryl/α,β-unsaturated/α-hetero) is 1. The highest BCUT2D eigenvalue weighted by Gasteiger charge is 2.35. The third-order valence-electron chi connectivity index (χ3n) is 2.56. The number of aromatic amines is 2. The van der Waals surface area contributed by atoms with Gasteiger partial charge in [0.05, 0.1) is 5.57 Å². The van der Waals surface area contributed by atoms with Crippen molar-refractivity contribution in [3.63, 3.8) is 0 Å². The number of alkyl halides is 3. The number of aliphatic hydroxyl groups excluding tert-OH is 1. The summed E-state index contributed by atoms with van der Waals surface area (Å²) in [5.41, 5.74) is 0.664. The fourth-order valence-corrected chi connectivity index (χ4v) is 1.29. The van der Waals surface area contributed by atoms with E-state index in [-0.39, 0.29) is 22.9 Å². The number of rotatable bonds is 0. The average molecular weight is 345 g/mol. The first kappa shape index (κ1) is 19.0. The number of aryl methyl sites for hydroxylation is 2. The van der Waals surface area contributed by atoms with Crippen LogP contribution in [0.5, 0.6) is 0 Å².